The molecule has 4 rings (SSSR count). The van der Waals surface area contributed by atoms with E-state index in [1.165, 1.54) is 17.3 Å². The summed E-state index contributed by atoms with van der Waals surface area (Å²) in [7, 11) is 1.91. The van der Waals surface area contributed by atoms with E-state index in [1.807, 2.05) is 41.9 Å². The van der Waals surface area contributed by atoms with Crippen molar-refractivity contribution in [1.82, 2.24) is 19.7 Å². The summed E-state index contributed by atoms with van der Waals surface area (Å²) < 4.78 is 7.87. The van der Waals surface area contributed by atoms with Crippen molar-refractivity contribution in [3.8, 4) is 0 Å². The number of hydrogen-bond donors (Lipinski definition) is 1. The summed E-state index contributed by atoms with van der Waals surface area (Å²) in [4.78, 5) is 2.37. The van der Waals surface area contributed by atoms with E-state index in [-0.39, 0.29) is 12.0 Å². The number of aliphatic hydroxyl groups excluding tert-OH is 1. The summed E-state index contributed by atoms with van der Waals surface area (Å²) in [5.41, 5.74) is 1.03. The van der Waals surface area contributed by atoms with E-state index in [4.69, 9.17) is 16.0 Å². The molecule has 8 heteroatoms. The van der Waals surface area contributed by atoms with Crippen LogP contribution in [-0.4, -0.2) is 44.5 Å². The van der Waals surface area contributed by atoms with Crippen LogP contribution in [0.3, 0.4) is 0 Å². The number of nitrogens with zero attached hydrogens (tertiary/aromatic N) is 4. The Hall–Kier alpha value is -1.80. The van der Waals surface area contributed by atoms with Crippen molar-refractivity contribution >= 4 is 23.4 Å². The van der Waals surface area contributed by atoms with E-state index < -0.39 is 0 Å². The maximum atomic E-state index is 10.2. The topological polar surface area (TPSA) is 67.3 Å². The third-order valence-corrected chi connectivity index (χ3v) is 6.63. The molecule has 1 aliphatic heterocycles. The summed E-state index contributed by atoms with van der Waals surface area (Å²) in [6.45, 7) is 2.74. The number of likely N-dealkylation sites (tertiary alicyclic amines) is 1. The highest BCUT2D eigenvalue weighted by atomic mass is 35.5. The predicted octanol–water partition coefficient (Wildman–Crippen LogP) is 4.03. The van der Waals surface area contributed by atoms with Gasteiger partial charge in [-0.2, -0.15) is 0 Å². The van der Waals surface area contributed by atoms with Crippen LogP contribution in [0.5, 0.6) is 0 Å². The van der Waals surface area contributed by atoms with Gasteiger partial charge < -0.3 is 14.1 Å². The lowest BCUT2D eigenvalue weighted by Crippen LogP contribution is -2.46. The first-order chi connectivity index (χ1) is 14.0. The first-order valence-electron chi connectivity index (χ1n) is 9.73. The standard InChI is InChI=1S/C21H25ClN4O2S/c1-25-15-23-24-20(25)29-19-7-6-18(28-19)12-26-9-3-8-21(13-26,14-27)11-16-4-2-5-17(22)10-16/h2,4-7,10,15,27H,3,8-9,11-14H2,1H3/t21-/m1/s1. The molecule has 3 aromatic rings. The highest BCUT2D eigenvalue weighted by Gasteiger charge is 2.35. The first-order valence-corrected chi connectivity index (χ1v) is 10.9. The minimum absolute atomic E-state index is 0.147. The van der Waals surface area contributed by atoms with E-state index >= 15 is 0 Å². The number of aromatic nitrogens is 3. The van der Waals surface area contributed by atoms with Gasteiger partial charge in [0.2, 0.25) is 0 Å². The molecule has 1 aromatic carbocycles. The number of aryl methyl sites for hydroxylation is 1. The molecule has 0 saturated carbocycles. The Balaban J connectivity index is 1.41. The molecule has 0 amide bonds. The van der Waals surface area contributed by atoms with E-state index in [0.29, 0.717) is 0 Å². The maximum Gasteiger partial charge on any atom is 0.198 e. The van der Waals surface area contributed by atoms with Gasteiger partial charge in [-0.3, -0.25) is 4.90 Å². The van der Waals surface area contributed by atoms with Crippen molar-refractivity contribution < 1.29 is 9.52 Å². The fourth-order valence-corrected chi connectivity index (χ4v) is 4.98. The van der Waals surface area contributed by atoms with Gasteiger partial charge in [-0.1, -0.05) is 23.7 Å². The largest absolute Gasteiger partial charge is 0.453 e. The smallest absolute Gasteiger partial charge is 0.198 e. The summed E-state index contributed by atoms with van der Waals surface area (Å²) in [6.07, 6.45) is 4.57. The van der Waals surface area contributed by atoms with Crippen molar-refractivity contribution in [3.63, 3.8) is 0 Å². The van der Waals surface area contributed by atoms with Crippen LogP contribution in [0.15, 0.2) is 57.4 Å². The number of rotatable bonds is 7. The molecule has 1 fully saturated rings. The number of hydrogen-bond acceptors (Lipinski definition) is 6. The Morgan fingerprint density at radius 2 is 2.21 bits per heavy atom. The lowest BCUT2D eigenvalue weighted by Gasteiger charge is -2.41. The normalized spacial score (nSPS) is 20.2. The van der Waals surface area contributed by atoms with Crippen LogP contribution in [-0.2, 0) is 20.0 Å². The molecule has 0 radical (unpaired) electrons. The van der Waals surface area contributed by atoms with Crippen molar-refractivity contribution in [1.29, 1.82) is 0 Å². The average molecular weight is 433 g/mol. The Labute approximate surface area is 179 Å². The summed E-state index contributed by atoms with van der Waals surface area (Å²) in [5, 5.41) is 20.5. The molecule has 2 aromatic heterocycles. The van der Waals surface area contributed by atoms with Gasteiger partial charge in [-0.25, -0.2) is 0 Å². The van der Waals surface area contributed by atoms with Crippen molar-refractivity contribution in [2.75, 3.05) is 19.7 Å². The Morgan fingerprint density at radius 1 is 1.31 bits per heavy atom. The van der Waals surface area contributed by atoms with Crippen LogP contribution >= 0.6 is 23.4 Å². The highest BCUT2D eigenvalue weighted by molar-refractivity contribution is 7.99. The lowest BCUT2D eigenvalue weighted by molar-refractivity contribution is 0.0257. The molecular weight excluding hydrogens is 408 g/mol. The Morgan fingerprint density at radius 3 is 2.97 bits per heavy atom. The third kappa shape index (κ3) is 5.04. The second-order valence-electron chi connectivity index (χ2n) is 7.83. The first kappa shape index (κ1) is 20.5. The second-order valence-corrected chi connectivity index (χ2v) is 9.23. The third-order valence-electron chi connectivity index (χ3n) is 5.42. The van der Waals surface area contributed by atoms with Crippen LogP contribution in [0.25, 0.3) is 0 Å². The van der Waals surface area contributed by atoms with Gasteiger partial charge in [0.25, 0.3) is 0 Å². The van der Waals surface area contributed by atoms with Gasteiger partial charge in [-0.15, -0.1) is 10.2 Å². The molecule has 0 unspecified atom stereocenters. The summed E-state index contributed by atoms with van der Waals surface area (Å²) >= 11 is 7.62. The number of benzene rings is 1. The molecule has 0 bridgehead atoms. The zero-order valence-corrected chi connectivity index (χ0v) is 18.0. The average Bonchev–Trinajstić information content (AvgIpc) is 3.31. The molecule has 6 nitrogen and oxygen atoms in total. The molecule has 1 N–H and O–H groups in total. The molecule has 0 aliphatic carbocycles. The van der Waals surface area contributed by atoms with Gasteiger partial charge >= 0.3 is 0 Å². The van der Waals surface area contributed by atoms with Gasteiger partial charge in [0.1, 0.15) is 12.1 Å². The molecule has 3 heterocycles. The number of furan rings is 1. The molecular formula is C21H25ClN4O2S. The molecule has 154 valence electrons. The summed E-state index contributed by atoms with van der Waals surface area (Å²) in [5.74, 6) is 0.922. The van der Waals surface area contributed by atoms with Crippen molar-refractivity contribution in [3.05, 3.63) is 59.1 Å². The molecule has 0 spiro atoms. The van der Waals surface area contributed by atoms with E-state index in [1.54, 1.807) is 6.33 Å². The molecule has 1 aliphatic rings. The minimum Gasteiger partial charge on any atom is -0.453 e. The molecule has 29 heavy (non-hydrogen) atoms. The van der Waals surface area contributed by atoms with E-state index in [2.05, 4.69) is 21.2 Å². The summed E-state index contributed by atoms with van der Waals surface area (Å²) in [6, 6.07) is 11.9. The second kappa shape index (κ2) is 8.92. The van der Waals surface area contributed by atoms with Crippen molar-refractivity contribution in [2.45, 2.75) is 36.1 Å². The molecule has 1 atom stereocenters. The number of piperidine rings is 1. The van der Waals surface area contributed by atoms with Crippen LogP contribution < -0.4 is 0 Å². The van der Waals surface area contributed by atoms with Crippen LogP contribution in [0.4, 0.5) is 0 Å². The van der Waals surface area contributed by atoms with Crippen LogP contribution in [0, 0.1) is 5.41 Å². The van der Waals surface area contributed by atoms with Crippen LogP contribution in [0.1, 0.15) is 24.2 Å². The van der Waals surface area contributed by atoms with E-state index in [0.717, 1.165) is 59.9 Å². The monoisotopic (exact) mass is 432 g/mol. The number of aliphatic hydroxyl groups is 1. The van der Waals surface area contributed by atoms with Gasteiger partial charge in [0.15, 0.2) is 10.2 Å². The van der Waals surface area contributed by atoms with E-state index in [9.17, 15) is 5.11 Å². The van der Waals surface area contributed by atoms with Crippen LogP contribution in [0.2, 0.25) is 5.02 Å². The maximum absolute atomic E-state index is 10.2. The van der Waals surface area contributed by atoms with Crippen molar-refractivity contribution in [2.24, 2.45) is 12.5 Å². The van der Waals surface area contributed by atoms with Gasteiger partial charge in [0.05, 0.1) is 13.2 Å². The SMILES string of the molecule is Cn1cnnc1Sc1ccc(CN2CCC[C@@](CO)(Cc3cccc(Cl)c3)C2)o1. The quantitative estimate of drug-likeness (QED) is 0.608. The Bertz CT molecular complexity index is 960. The molecule has 1 saturated heterocycles. The van der Waals surface area contributed by atoms with Gasteiger partial charge in [0, 0.05) is 24.0 Å². The fourth-order valence-electron chi connectivity index (χ4n) is 4.03. The lowest BCUT2D eigenvalue weighted by atomic mass is 9.75. The van der Waals surface area contributed by atoms with Gasteiger partial charge in [-0.05, 0) is 67.4 Å². The zero-order chi connectivity index (χ0) is 20.3. The fraction of sp³-hybridized carbons (Fsp3) is 0.429. The Kier molecular flexibility index (Phi) is 6.29. The minimum atomic E-state index is -0.147. The highest BCUT2D eigenvalue weighted by Crippen LogP contribution is 2.35. The zero-order valence-electron chi connectivity index (χ0n) is 16.4. The predicted molar refractivity (Wildman–Crippen MR) is 113 cm³/mol. The number of halogens is 1.